The Hall–Kier alpha value is -1.39. The molecule has 1 aromatic carbocycles. The van der Waals surface area contributed by atoms with Crippen LogP contribution >= 0.6 is 0 Å². The van der Waals surface area contributed by atoms with Crippen LogP contribution in [0.2, 0.25) is 0 Å². The van der Waals surface area contributed by atoms with Crippen LogP contribution in [-0.4, -0.2) is 25.7 Å². The summed E-state index contributed by atoms with van der Waals surface area (Å²) >= 11 is 0. The molecule has 19 heavy (non-hydrogen) atoms. The third-order valence-electron chi connectivity index (χ3n) is 2.57. The Balaban J connectivity index is 2.31. The van der Waals surface area contributed by atoms with Gasteiger partial charge in [0.25, 0.3) is 0 Å². The molecule has 0 heterocycles. The van der Waals surface area contributed by atoms with Crippen LogP contribution in [0.5, 0.6) is 0 Å². The van der Waals surface area contributed by atoms with Crippen molar-refractivity contribution in [2.24, 2.45) is 0 Å². The normalized spacial score (nSPS) is 10.7. The molecule has 1 amide bonds. The molecule has 0 bridgehead atoms. The molecular weight excluding hydrogens is 242 g/mol. The average molecular weight is 265 g/mol. The van der Waals surface area contributed by atoms with Crippen LogP contribution in [-0.2, 0) is 27.4 Å². The van der Waals surface area contributed by atoms with Crippen LogP contribution < -0.4 is 5.32 Å². The number of benzene rings is 1. The molecule has 0 aromatic heterocycles. The zero-order valence-electron chi connectivity index (χ0n) is 11.9. The van der Waals surface area contributed by atoms with Crippen LogP contribution in [0.15, 0.2) is 24.3 Å². The van der Waals surface area contributed by atoms with E-state index in [1.807, 2.05) is 38.1 Å². The molecule has 0 fully saturated rings. The molecular formula is C15H23NO3. The number of ether oxygens (including phenoxy) is 2. The molecule has 0 unspecified atom stereocenters. The summed E-state index contributed by atoms with van der Waals surface area (Å²) in [5.74, 6) is 0.0118. The number of hydrogen-bond acceptors (Lipinski definition) is 3. The molecule has 4 nitrogen and oxygen atoms in total. The second-order valence-electron chi connectivity index (χ2n) is 4.70. The molecule has 0 aliphatic carbocycles. The molecule has 1 N–H and O–H groups in total. The Morgan fingerprint density at radius 1 is 1.32 bits per heavy atom. The standard InChI is InChI=1S/C15H23NO3/c1-12(2)19-8-7-15(17)16-10-13-5-4-6-14(9-13)11-18-3/h4-6,9,12H,7-8,10-11H2,1-3H3,(H,16,17). The van der Waals surface area contributed by atoms with E-state index in [0.29, 0.717) is 26.2 Å². The first-order chi connectivity index (χ1) is 9.11. The van der Waals surface area contributed by atoms with Crippen LogP contribution in [0.3, 0.4) is 0 Å². The molecule has 0 aliphatic heterocycles. The van der Waals surface area contributed by atoms with E-state index in [9.17, 15) is 4.79 Å². The Bertz CT molecular complexity index is 391. The number of carbonyl (C=O) groups excluding carboxylic acids is 1. The second kappa shape index (κ2) is 8.67. The Kier molecular flexibility index (Phi) is 7.15. The summed E-state index contributed by atoms with van der Waals surface area (Å²) in [5.41, 5.74) is 2.19. The molecule has 0 saturated carbocycles. The second-order valence-corrected chi connectivity index (χ2v) is 4.70. The Morgan fingerprint density at radius 2 is 2.05 bits per heavy atom. The molecule has 0 atom stereocenters. The predicted octanol–water partition coefficient (Wildman–Crippen LogP) is 2.26. The highest BCUT2D eigenvalue weighted by Crippen LogP contribution is 2.06. The van der Waals surface area contributed by atoms with Crippen molar-refractivity contribution in [2.75, 3.05) is 13.7 Å². The van der Waals surface area contributed by atoms with Crippen molar-refractivity contribution in [1.82, 2.24) is 5.32 Å². The maximum atomic E-state index is 11.6. The van der Waals surface area contributed by atoms with Crippen molar-refractivity contribution >= 4 is 5.91 Å². The molecule has 0 spiro atoms. The van der Waals surface area contributed by atoms with Gasteiger partial charge >= 0.3 is 0 Å². The van der Waals surface area contributed by atoms with Crippen molar-refractivity contribution in [2.45, 2.75) is 39.5 Å². The molecule has 0 saturated heterocycles. The Morgan fingerprint density at radius 3 is 2.74 bits per heavy atom. The summed E-state index contributed by atoms with van der Waals surface area (Å²) in [6.07, 6.45) is 0.564. The van der Waals surface area contributed by atoms with E-state index < -0.39 is 0 Å². The summed E-state index contributed by atoms with van der Waals surface area (Å²) < 4.78 is 10.4. The van der Waals surface area contributed by atoms with Gasteiger partial charge in [-0.05, 0) is 25.0 Å². The van der Waals surface area contributed by atoms with E-state index in [1.165, 1.54) is 0 Å². The average Bonchev–Trinajstić information content (AvgIpc) is 2.37. The predicted molar refractivity (Wildman–Crippen MR) is 74.7 cm³/mol. The van der Waals surface area contributed by atoms with Crippen molar-refractivity contribution in [3.05, 3.63) is 35.4 Å². The topological polar surface area (TPSA) is 47.6 Å². The minimum atomic E-state index is 0.0118. The highest BCUT2D eigenvalue weighted by Gasteiger charge is 2.03. The lowest BCUT2D eigenvalue weighted by Gasteiger charge is -2.09. The Labute approximate surface area is 115 Å². The minimum absolute atomic E-state index is 0.0118. The van der Waals surface area contributed by atoms with E-state index in [0.717, 1.165) is 11.1 Å². The van der Waals surface area contributed by atoms with E-state index in [2.05, 4.69) is 5.32 Å². The molecule has 1 aromatic rings. The molecule has 0 radical (unpaired) electrons. The fourth-order valence-corrected chi connectivity index (χ4v) is 1.67. The first-order valence-corrected chi connectivity index (χ1v) is 6.57. The number of methoxy groups -OCH3 is 1. The van der Waals surface area contributed by atoms with Crippen LogP contribution in [0.25, 0.3) is 0 Å². The largest absolute Gasteiger partial charge is 0.380 e. The molecule has 1 rings (SSSR count). The van der Waals surface area contributed by atoms with Gasteiger partial charge in [-0.3, -0.25) is 4.79 Å². The molecule has 106 valence electrons. The summed E-state index contributed by atoms with van der Waals surface area (Å²) in [6, 6.07) is 8.00. The number of rotatable bonds is 8. The van der Waals surface area contributed by atoms with Gasteiger partial charge in [0.1, 0.15) is 0 Å². The quantitative estimate of drug-likeness (QED) is 0.784. The molecule has 4 heteroatoms. The van der Waals surface area contributed by atoms with Gasteiger partial charge in [-0.2, -0.15) is 0 Å². The van der Waals surface area contributed by atoms with Crippen LogP contribution in [0.4, 0.5) is 0 Å². The fourth-order valence-electron chi connectivity index (χ4n) is 1.67. The number of nitrogens with one attached hydrogen (secondary N) is 1. The smallest absolute Gasteiger partial charge is 0.222 e. The van der Waals surface area contributed by atoms with E-state index in [4.69, 9.17) is 9.47 Å². The minimum Gasteiger partial charge on any atom is -0.380 e. The van der Waals surface area contributed by atoms with E-state index >= 15 is 0 Å². The maximum Gasteiger partial charge on any atom is 0.222 e. The summed E-state index contributed by atoms with van der Waals surface area (Å²) in [5, 5.41) is 2.88. The van der Waals surface area contributed by atoms with Gasteiger partial charge in [-0.15, -0.1) is 0 Å². The first kappa shape index (κ1) is 15.7. The lowest BCUT2D eigenvalue weighted by molar-refractivity contribution is -0.122. The monoisotopic (exact) mass is 265 g/mol. The first-order valence-electron chi connectivity index (χ1n) is 6.57. The SMILES string of the molecule is COCc1cccc(CNC(=O)CCOC(C)C)c1. The molecule has 0 aliphatic rings. The van der Waals surface area contributed by atoms with Gasteiger partial charge in [-0.1, -0.05) is 24.3 Å². The number of amides is 1. The van der Waals surface area contributed by atoms with Gasteiger partial charge in [0, 0.05) is 20.1 Å². The maximum absolute atomic E-state index is 11.6. The third-order valence-corrected chi connectivity index (χ3v) is 2.57. The van der Waals surface area contributed by atoms with Gasteiger partial charge < -0.3 is 14.8 Å². The zero-order chi connectivity index (χ0) is 14.1. The van der Waals surface area contributed by atoms with Gasteiger partial charge in [0.2, 0.25) is 5.91 Å². The highest BCUT2D eigenvalue weighted by atomic mass is 16.5. The van der Waals surface area contributed by atoms with Gasteiger partial charge in [0.05, 0.1) is 19.3 Å². The van der Waals surface area contributed by atoms with Crippen LogP contribution in [0.1, 0.15) is 31.4 Å². The number of carbonyl (C=O) groups is 1. The van der Waals surface area contributed by atoms with Crippen molar-refractivity contribution in [3.8, 4) is 0 Å². The lowest BCUT2D eigenvalue weighted by Crippen LogP contribution is -2.24. The van der Waals surface area contributed by atoms with Crippen molar-refractivity contribution in [1.29, 1.82) is 0 Å². The third kappa shape index (κ3) is 6.94. The van der Waals surface area contributed by atoms with Gasteiger partial charge in [0.15, 0.2) is 0 Å². The summed E-state index contributed by atoms with van der Waals surface area (Å²) in [6.45, 7) is 5.51. The highest BCUT2D eigenvalue weighted by molar-refractivity contribution is 5.75. The van der Waals surface area contributed by atoms with Crippen molar-refractivity contribution in [3.63, 3.8) is 0 Å². The summed E-state index contributed by atoms with van der Waals surface area (Å²) in [7, 11) is 1.67. The van der Waals surface area contributed by atoms with Crippen molar-refractivity contribution < 1.29 is 14.3 Å². The summed E-state index contributed by atoms with van der Waals surface area (Å²) in [4.78, 5) is 11.6. The van der Waals surface area contributed by atoms with E-state index in [1.54, 1.807) is 7.11 Å². The lowest BCUT2D eigenvalue weighted by atomic mass is 10.1. The van der Waals surface area contributed by atoms with Gasteiger partial charge in [-0.25, -0.2) is 0 Å². The van der Waals surface area contributed by atoms with E-state index in [-0.39, 0.29) is 12.0 Å². The fraction of sp³-hybridized carbons (Fsp3) is 0.533. The number of hydrogen-bond donors (Lipinski definition) is 1. The van der Waals surface area contributed by atoms with Crippen LogP contribution in [0, 0.1) is 0 Å². The zero-order valence-corrected chi connectivity index (χ0v) is 11.9.